The maximum atomic E-state index is 11.8. The van der Waals surface area contributed by atoms with Gasteiger partial charge in [-0.3, -0.25) is 0 Å². The molecule has 0 aliphatic carbocycles. The minimum absolute atomic E-state index is 0.0217. The summed E-state index contributed by atoms with van der Waals surface area (Å²) >= 11 is 0. The number of amides is 2. The first-order chi connectivity index (χ1) is 8.08. The fourth-order valence-corrected chi connectivity index (χ4v) is 1.93. The molecule has 0 spiro atoms. The molecule has 0 aromatic rings. The van der Waals surface area contributed by atoms with Gasteiger partial charge in [0, 0.05) is 20.2 Å². The number of nitrogens with zero attached hydrogens (tertiary/aromatic N) is 1. The molecule has 2 atom stereocenters. The van der Waals surface area contributed by atoms with Crippen LogP contribution in [-0.2, 0) is 9.53 Å². The van der Waals surface area contributed by atoms with Crippen molar-refractivity contribution >= 4 is 12.0 Å². The molecule has 0 saturated carbocycles. The Morgan fingerprint density at radius 3 is 2.76 bits per heavy atom. The first-order valence-electron chi connectivity index (χ1n) is 5.85. The van der Waals surface area contributed by atoms with Gasteiger partial charge in [0.25, 0.3) is 0 Å². The number of carbonyl (C=O) groups excluding carboxylic acids is 1. The lowest BCUT2D eigenvalue weighted by atomic mass is 10.1. The Morgan fingerprint density at radius 1 is 1.59 bits per heavy atom. The van der Waals surface area contributed by atoms with E-state index in [-0.39, 0.29) is 12.6 Å². The van der Waals surface area contributed by atoms with Gasteiger partial charge in [-0.2, -0.15) is 0 Å². The summed E-state index contributed by atoms with van der Waals surface area (Å²) in [6.07, 6.45) is 2.04. The zero-order valence-corrected chi connectivity index (χ0v) is 10.3. The second-order valence-corrected chi connectivity index (χ2v) is 4.30. The number of likely N-dealkylation sites (tertiary alicyclic amines) is 1. The molecular formula is C11H20N2O4. The summed E-state index contributed by atoms with van der Waals surface area (Å²) in [6, 6.07) is -1.29. The molecule has 0 radical (unpaired) electrons. The molecule has 2 amide bonds. The number of carboxylic acid groups (broad SMARTS) is 1. The number of methoxy groups -OCH3 is 1. The monoisotopic (exact) mass is 244 g/mol. The van der Waals surface area contributed by atoms with Crippen molar-refractivity contribution in [2.75, 3.05) is 26.8 Å². The SMILES string of the molecule is CCC1CCN(C(=O)NC(COC)C(=O)O)C1. The number of urea groups is 1. The zero-order chi connectivity index (χ0) is 12.8. The number of carbonyl (C=O) groups is 2. The molecular weight excluding hydrogens is 224 g/mol. The van der Waals surface area contributed by atoms with Crippen LogP contribution >= 0.6 is 0 Å². The van der Waals surface area contributed by atoms with Gasteiger partial charge in [-0.05, 0) is 12.3 Å². The maximum Gasteiger partial charge on any atom is 0.328 e. The third kappa shape index (κ3) is 3.89. The molecule has 1 fully saturated rings. The van der Waals surface area contributed by atoms with E-state index in [1.165, 1.54) is 7.11 Å². The highest BCUT2D eigenvalue weighted by Crippen LogP contribution is 2.18. The Bertz CT molecular complexity index is 283. The molecule has 0 bridgehead atoms. The smallest absolute Gasteiger partial charge is 0.328 e. The van der Waals surface area contributed by atoms with E-state index in [1.807, 2.05) is 0 Å². The molecule has 2 N–H and O–H groups in total. The molecule has 6 heteroatoms. The average molecular weight is 244 g/mol. The van der Waals surface area contributed by atoms with E-state index in [4.69, 9.17) is 9.84 Å². The van der Waals surface area contributed by atoms with Crippen LogP contribution in [0, 0.1) is 5.92 Å². The third-order valence-electron chi connectivity index (χ3n) is 3.08. The minimum Gasteiger partial charge on any atom is -0.480 e. The van der Waals surface area contributed by atoms with E-state index < -0.39 is 12.0 Å². The van der Waals surface area contributed by atoms with Crippen LogP contribution in [0.25, 0.3) is 0 Å². The number of aliphatic carboxylic acids is 1. The van der Waals surface area contributed by atoms with Crippen LogP contribution in [-0.4, -0.2) is 54.9 Å². The fourth-order valence-electron chi connectivity index (χ4n) is 1.93. The molecule has 2 unspecified atom stereocenters. The van der Waals surface area contributed by atoms with E-state index >= 15 is 0 Å². The van der Waals surface area contributed by atoms with Gasteiger partial charge < -0.3 is 20.1 Å². The van der Waals surface area contributed by atoms with E-state index in [9.17, 15) is 9.59 Å². The summed E-state index contributed by atoms with van der Waals surface area (Å²) in [7, 11) is 1.41. The highest BCUT2D eigenvalue weighted by molar-refractivity contribution is 5.82. The quantitative estimate of drug-likeness (QED) is 0.739. The topological polar surface area (TPSA) is 78.9 Å². The number of carboxylic acids is 1. The number of nitrogens with one attached hydrogen (secondary N) is 1. The molecule has 1 saturated heterocycles. The Balaban J connectivity index is 2.45. The van der Waals surface area contributed by atoms with Gasteiger partial charge >= 0.3 is 12.0 Å². The van der Waals surface area contributed by atoms with Crippen LogP contribution in [0.15, 0.2) is 0 Å². The molecule has 98 valence electrons. The van der Waals surface area contributed by atoms with Crippen molar-refractivity contribution in [3.63, 3.8) is 0 Å². The molecule has 0 aromatic heterocycles. The lowest BCUT2D eigenvalue weighted by Crippen LogP contribution is -2.49. The van der Waals surface area contributed by atoms with E-state index in [2.05, 4.69) is 12.2 Å². The van der Waals surface area contributed by atoms with E-state index in [0.29, 0.717) is 19.0 Å². The second kappa shape index (κ2) is 6.44. The summed E-state index contributed by atoms with van der Waals surface area (Å²) in [4.78, 5) is 24.3. The van der Waals surface area contributed by atoms with Crippen molar-refractivity contribution in [1.82, 2.24) is 10.2 Å². The summed E-state index contributed by atoms with van der Waals surface area (Å²) in [5, 5.41) is 11.3. The van der Waals surface area contributed by atoms with Crippen LogP contribution in [0.2, 0.25) is 0 Å². The predicted octanol–water partition coefficient (Wildman–Crippen LogP) is 0.527. The van der Waals surface area contributed by atoms with E-state index in [1.54, 1.807) is 4.90 Å². The predicted molar refractivity (Wildman–Crippen MR) is 61.8 cm³/mol. The molecule has 6 nitrogen and oxygen atoms in total. The van der Waals surface area contributed by atoms with Gasteiger partial charge in [-0.15, -0.1) is 0 Å². The van der Waals surface area contributed by atoms with Crippen molar-refractivity contribution in [3.05, 3.63) is 0 Å². The van der Waals surface area contributed by atoms with Gasteiger partial charge in [-0.25, -0.2) is 9.59 Å². The van der Waals surface area contributed by atoms with Crippen LogP contribution in [0.3, 0.4) is 0 Å². The number of ether oxygens (including phenoxy) is 1. The minimum atomic E-state index is -1.08. The number of rotatable bonds is 5. The second-order valence-electron chi connectivity index (χ2n) is 4.30. The van der Waals surface area contributed by atoms with Gasteiger partial charge in [0.1, 0.15) is 0 Å². The summed E-state index contributed by atoms with van der Waals surface area (Å²) in [6.45, 7) is 3.48. The summed E-state index contributed by atoms with van der Waals surface area (Å²) in [5.41, 5.74) is 0. The Hall–Kier alpha value is -1.30. The Kier molecular flexibility index (Phi) is 5.21. The van der Waals surface area contributed by atoms with Crippen LogP contribution in [0.1, 0.15) is 19.8 Å². The zero-order valence-electron chi connectivity index (χ0n) is 10.3. The highest BCUT2D eigenvalue weighted by Gasteiger charge is 2.28. The van der Waals surface area contributed by atoms with Crippen molar-refractivity contribution in [2.45, 2.75) is 25.8 Å². The lowest BCUT2D eigenvalue weighted by Gasteiger charge is -2.20. The van der Waals surface area contributed by atoms with Gasteiger partial charge in [0.05, 0.1) is 6.61 Å². The molecule has 0 aromatic carbocycles. The fraction of sp³-hybridized carbons (Fsp3) is 0.818. The van der Waals surface area contributed by atoms with Gasteiger partial charge in [0.2, 0.25) is 0 Å². The Morgan fingerprint density at radius 2 is 2.29 bits per heavy atom. The van der Waals surface area contributed by atoms with Crippen LogP contribution in [0.4, 0.5) is 4.79 Å². The molecule has 1 aliphatic heterocycles. The van der Waals surface area contributed by atoms with Gasteiger partial charge in [0.15, 0.2) is 6.04 Å². The van der Waals surface area contributed by atoms with Crippen molar-refractivity contribution in [3.8, 4) is 0 Å². The highest BCUT2D eigenvalue weighted by atomic mass is 16.5. The largest absolute Gasteiger partial charge is 0.480 e. The lowest BCUT2D eigenvalue weighted by molar-refractivity contribution is -0.140. The normalized spacial score (nSPS) is 21.3. The maximum absolute atomic E-state index is 11.8. The molecule has 1 aliphatic rings. The van der Waals surface area contributed by atoms with Crippen molar-refractivity contribution in [1.29, 1.82) is 0 Å². The summed E-state index contributed by atoms with van der Waals surface area (Å²) in [5.74, 6) is -0.544. The first kappa shape index (κ1) is 13.8. The van der Waals surface area contributed by atoms with Crippen LogP contribution in [0.5, 0.6) is 0 Å². The molecule has 1 rings (SSSR count). The summed E-state index contributed by atoms with van der Waals surface area (Å²) < 4.78 is 4.76. The molecule has 17 heavy (non-hydrogen) atoms. The standard InChI is InChI=1S/C11H20N2O4/c1-3-8-4-5-13(6-8)11(16)12-9(7-17-2)10(14)15/h8-9H,3-7H2,1-2H3,(H,12,16)(H,14,15). The number of hydrogen-bond donors (Lipinski definition) is 2. The number of hydrogen-bond acceptors (Lipinski definition) is 3. The molecule has 1 heterocycles. The van der Waals surface area contributed by atoms with Gasteiger partial charge in [-0.1, -0.05) is 13.3 Å². The first-order valence-corrected chi connectivity index (χ1v) is 5.85. The van der Waals surface area contributed by atoms with Crippen molar-refractivity contribution < 1.29 is 19.4 Å². The third-order valence-corrected chi connectivity index (χ3v) is 3.08. The van der Waals surface area contributed by atoms with E-state index in [0.717, 1.165) is 12.8 Å². The average Bonchev–Trinajstić information content (AvgIpc) is 2.76. The van der Waals surface area contributed by atoms with Crippen LogP contribution < -0.4 is 5.32 Å². The Labute approximate surface area is 101 Å². The van der Waals surface area contributed by atoms with Crippen molar-refractivity contribution in [2.24, 2.45) is 5.92 Å².